The summed E-state index contributed by atoms with van der Waals surface area (Å²) in [6.07, 6.45) is 3.19. The van der Waals surface area contributed by atoms with Crippen molar-refractivity contribution in [2.24, 2.45) is 5.92 Å². The topological polar surface area (TPSA) is 184 Å². The second kappa shape index (κ2) is 9.61. The van der Waals surface area contributed by atoms with E-state index in [1.807, 2.05) is 0 Å². The number of carbonyl (C=O) groups is 1. The number of nitrogens with one attached hydrogen (secondary N) is 2. The Morgan fingerprint density at radius 1 is 0.818 bits per heavy atom. The molecule has 0 fully saturated rings. The van der Waals surface area contributed by atoms with Gasteiger partial charge in [-0.3, -0.25) is 18.6 Å². The standard InChI is InChI=1S/C19H22N2O9S3/c1-12(2)19(22)20-15-8-6-13(17(10-15)32(25,26)27)4-5-14-7-9-16(21-31(3,23)24)11-18(14)33(28,29)30/h4-12,21H,1-3H3,(H,20,22)(H,25,26,27)(H,28,29,30)/b5-4+. The summed E-state index contributed by atoms with van der Waals surface area (Å²) >= 11 is 0. The van der Waals surface area contributed by atoms with Crippen molar-refractivity contribution in [1.29, 1.82) is 0 Å². The van der Waals surface area contributed by atoms with Crippen LogP contribution in [0.2, 0.25) is 0 Å². The fourth-order valence-electron chi connectivity index (χ4n) is 2.61. The number of hydrogen-bond donors (Lipinski definition) is 4. The lowest BCUT2D eigenvalue weighted by molar-refractivity contribution is -0.118. The van der Waals surface area contributed by atoms with Crippen LogP contribution in [-0.4, -0.2) is 46.5 Å². The van der Waals surface area contributed by atoms with Gasteiger partial charge in [-0.15, -0.1) is 0 Å². The molecule has 0 bridgehead atoms. The number of anilines is 2. The first kappa shape index (κ1) is 26.5. The van der Waals surface area contributed by atoms with Crippen LogP contribution in [0.3, 0.4) is 0 Å². The molecule has 1 amide bonds. The quantitative estimate of drug-likeness (QED) is 0.301. The summed E-state index contributed by atoms with van der Waals surface area (Å²) in [5.74, 6) is -0.752. The zero-order chi connectivity index (χ0) is 25.2. The molecule has 0 saturated heterocycles. The minimum absolute atomic E-state index is 0.0420. The molecule has 0 spiro atoms. The second-order valence-corrected chi connectivity index (χ2v) is 11.8. The molecule has 33 heavy (non-hydrogen) atoms. The van der Waals surface area contributed by atoms with Gasteiger partial charge in [-0.25, -0.2) is 8.42 Å². The van der Waals surface area contributed by atoms with Gasteiger partial charge >= 0.3 is 0 Å². The Labute approximate surface area is 192 Å². The molecule has 0 saturated carbocycles. The third kappa shape index (κ3) is 7.64. The normalized spacial score (nSPS) is 12.8. The van der Waals surface area contributed by atoms with Crippen LogP contribution in [0.15, 0.2) is 46.2 Å². The molecule has 14 heteroatoms. The van der Waals surface area contributed by atoms with E-state index in [1.165, 1.54) is 30.3 Å². The molecule has 2 aromatic rings. The summed E-state index contributed by atoms with van der Waals surface area (Å²) in [5.41, 5.74) is -0.130. The predicted molar refractivity (Wildman–Crippen MR) is 123 cm³/mol. The molecule has 180 valence electrons. The fraction of sp³-hybridized carbons (Fsp3) is 0.211. The Morgan fingerprint density at radius 2 is 1.24 bits per heavy atom. The van der Waals surface area contributed by atoms with Gasteiger partial charge in [0.25, 0.3) is 20.2 Å². The minimum Gasteiger partial charge on any atom is -0.326 e. The zero-order valence-corrected chi connectivity index (χ0v) is 20.1. The molecule has 0 atom stereocenters. The summed E-state index contributed by atoms with van der Waals surface area (Å²) in [4.78, 5) is 10.7. The molecule has 2 aromatic carbocycles. The van der Waals surface area contributed by atoms with Crippen molar-refractivity contribution >= 4 is 59.7 Å². The first-order valence-corrected chi connectivity index (χ1v) is 13.9. The van der Waals surface area contributed by atoms with Gasteiger partial charge in [-0.05, 0) is 35.4 Å². The summed E-state index contributed by atoms with van der Waals surface area (Å²) < 4.78 is 91.2. The van der Waals surface area contributed by atoms with Crippen LogP contribution in [0.4, 0.5) is 11.4 Å². The third-order valence-electron chi connectivity index (χ3n) is 4.12. The Kier molecular flexibility index (Phi) is 7.71. The number of rotatable bonds is 8. The maximum Gasteiger partial charge on any atom is 0.295 e. The number of sulfonamides is 1. The van der Waals surface area contributed by atoms with Gasteiger partial charge in [0.15, 0.2) is 0 Å². The lowest BCUT2D eigenvalue weighted by Gasteiger charge is -2.11. The van der Waals surface area contributed by atoms with Gasteiger partial charge in [0, 0.05) is 17.3 Å². The van der Waals surface area contributed by atoms with Crippen molar-refractivity contribution in [1.82, 2.24) is 0 Å². The van der Waals surface area contributed by atoms with Gasteiger partial charge < -0.3 is 5.32 Å². The number of carbonyl (C=O) groups excluding carboxylic acids is 1. The highest BCUT2D eigenvalue weighted by atomic mass is 32.2. The lowest BCUT2D eigenvalue weighted by Crippen LogP contribution is -2.18. The van der Waals surface area contributed by atoms with Gasteiger partial charge in [0.2, 0.25) is 15.9 Å². The van der Waals surface area contributed by atoms with E-state index in [-0.39, 0.29) is 34.3 Å². The van der Waals surface area contributed by atoms with E-state index in [4.69, 9.17) is 0 Å². The van der Waals surface area contributed by atoms with Gasteiger partial charge in [-0.2, -0.15) is 16.8 Å². The summed E-state index contributed by atoms with van der Waals surface area (Å²) in [7, 11) is -13.2. The second-order valence-electron chi connectivity index (χ2n) is 7.31. The van der Waals surface area contributed by atoms with Crippen LogP contribution in [0.5, 0.6) is 0 Å². The highest BCUT2D eigenvalue weighted by Gasteiger charge is 2.18. The lowest BCUT2D eigenvalue weighted by atomic mass is 10.1. The Bertz CT molecular complexity index is 1430. The predicted octanol–water partition coefficient (Wildman–Crippen LogP) is 2.32. The zero-order valence-electron chi connectivity index (χ0n) is 17.7. The SMILES string of the molecule is CC(C)C(=O)Nc1ccc(/C=C/c2ccc(NS(C)(=O)=O)cc2S(=O)(=O)O)c(S(=O)(=O)O)c1. The first-order valence-electron chi connectivity index (χ1n) is 9.17. The number of amides is 1. The highest BCUT2D eigenvalue weighted by molar-refractivity contribution is 7.92. The average Bonchev–Trinajstić information content (AvgIpc) is 2.64. The summed E-state index contributed by atoms with van der Waals surface area (Å²) in [5, 5.41) is 2.50. The molecule has 0 aliphatic heterocycles. The van der Waals surface area contributed by atoms with Crippen LogP contribution in [0, 0.1) is 5.92 Å². The minimum atomic E-state index is -4.78. The van der Waals surface area contributed by atoms with E-state index in [0.29, 0.717) is 0 Å². The van der Waals surface area contributed by atoms with Crippen molar-refractivity contribution < 1.29 is 39.2 Å². The highest BCUT2D eigenvalue weighted by Crippen LogP contribution is 2.26. The average molecular weight is 519 g/mol. The third-order valence-corrected chi connectivity index (χ3v) is 6.55. The van der Waals surface area contributed by atoms with Gasteiger partial charge in [0.05, 0.1) is 6.26 Å². The maximum atomic E-state index is 11.9. The largest absolute Gasteiger partial charge is 0.326 e. The molecule has 0 heterocycles. The van der Waals surface area contributed by atoms with Crippen molar-refractivity contribution in [2.45, 2.75) is 23.6 Å². The van der Waals surface area contributed by atoms with Crippen LogP contribution in [-0.2, 0) is 35.1 Å². The van der Waals surface area contributed by atoms with Crippen molar-refractivity contribution in [3.63, 3.8) is 0 Å². The van der Waals surface area contributed by atoms with E-state index in [0.717, 1.165) is 24.5 Å². The Balaban J connectivity index is 2.55. The first-order chi connectivity index (χ1) is 15.0. The number of hydrogen-bond acceptors (Lipinski definition) is 7. The van der Waals surface area contributed by atoms with Crippen molar-refractivity contribution in [2.75, 3.05) is 16.3 Å². The van der Waals surface area contributed by atoms with E-state index >= 15 is 0 Å². The maximum absolute atomic E-state index is 11.9. The molecule has 0 radical (unpaired) electrons. The van der Waals surface area contributed by atoms with Gasteiger partial charge in [-0.1, -0.05) is 38.1 Å². The van der Waals surface area contributed by atoms with E-state index in [1.54, 1.807) is 13.8 Å². The molecule has 11 nitrogen and oxygen atoms in total. The Morgan fingerprint density at radius 3 is 1.64 bits per heavy atom. The van der Waals surface area contributed by atoms with E-state index < -0.39 is 40.1 Å². The van der Waals surface area contributed by atoms with Crippen LogP contribution < -0.4 is 10.0 Å². The number of benzene rings is 2. The monoisotopic (exact) mass is 518 g/mol. The van der Waals surface area contributed by atoms with Crippen LogP contribution >= 0.6 is 0 Å². The van der Waals surface area contributed by atoms with E-state index in [9.17, 15) is 39.2 Å². The van der Waals surface area contributed by atoms with Crippen LogP contribution in [0.1, 0.15) is 25.0 Å². The van der Waals surface area contributed by atoms with Crippen molar-refractivity contribution in [3.05, 3.63) is 47.5 Å². The molecular formula is C19H22N2O9S3. The van der Waals surface area contributed by atoms with Gasteiger partial charge in [0.1, 0.15) is 9.79 Å². The molecular weight excluding hydrogens is 496 g/mol. The molecule has 0 aliphatic rings. The van der Waals surface area contributed by atoms with E-state index in [2.05, 4.69) is 10.0 Å². The Hall–Kier alpha value is -2.78. The molecule has 0 aliphatic carbocycles. The summed E-state index contributed by atoms with van der Waals surface area (Å²) in [6, 6.07) is 7.03. The van der Waals surface area contributed by atoms with Crippen LogP contribution in [0.25, 0.3) is 12.2 Å². The molecule has 2 rings (SSSR count). The summed E-state index contributed by atoms with van der Waals surface area (Å²) in [6.45, 7) is 3.28. The van der Waals surface area contributed by atoms with Crippen molar-refractivity contribution in [3.8, 4) is 0 Å². The molecule has 4 N–H and O–H groups in total. The fourth-order valence-corrected chi connectivity index (χ4v) is 4.59. The molecule has 0 unspecified atom stereocenters. The smallest absolute Gasteiger partial charge is 0.295 e. The molecule has 0 aromatic heterocycles.